The number of nitro benzene ring substituents is 1. The van der Waals surface area contributed by atoms with Crippen LogP contribution in [0.15, 0.2) is 91.1 Å². The number of nitrogens with one attached hydrogen (secondary N) is 1. The highest BCUT2D eigenvalue weighted by molar-refractivity contribution is 6.80. The Balaban J connectivity index is 1.32. The standard InChI is InChI=1S/C31H28BN5O5/c33-22-32(26-6-9-28(10-7-26)37(38)39)13-17-42-30-11-8-27-19-25(30)21-41-16-2-1-15-40-20-23-4-3-5-24(18-23)29-12-14-34-31(35-27)36-29/h1-12,14,18-19H,13,15-17,20-21H2,(H,34,35,36)/b2-1+. The number of ether oxygens (including phenoxy) is 3. The molecule has 0 atom stereocenters. The van der Waals surface area contributed by atoms with Gasteiger partial charge in [0.15, 0.2) is 0 Å². The van der Waals surface area contributed by atoms with E-state index in [4.69, 9.17) is 19.2 Å². The topological polar surface area (TPSA) is 132 Å². The molecular weight excluding hydrogens is 533 g/mol. The highest BCUT2D eigenvalue weighted by atomic mass is 16.6. The summed E-state index contributed by atoms with van der Waals surface area (Å²) in [5.41, 5.74) is 5.11. The quantitative estimate of drug-likeness (QED) is 0.145. The van der Waals surface area contributed by atoms with Crippen molar-refractivity contribution in [2.24, 2.45) is 0 Å². The molecule has 0 amide bonds. The Morgan fingerprint density at radius 2 is 1.83 bits per heavy atom. The summed E-state index contributed by atoms with van der Waals surface area (Å²) in [7, 11) is 0. The third kappa shape index (κ3) is 7.57. The van der Waals surface area contributed by atoms with Crippen LogP contribution in [-0.4, -0.2) is 41.4 Å². The van der Waals surface area contributed by atoms with Crippen LogP contribution in [0.5, 0.6) is 5.75 Å². The summed E-state index contributed by atoms with van der Waals surface area (Å²) >= 11 is 0. The number of aromatic nitrogens is 2. The minimum absolute atomic E-state index is 0.0121. The molecule has 3 aromatic carbocycles. The molecule has 5 rings (SSSR count). The average Bonchev–Trinajstić information content (AvgIpc) is 3.01. The van der Waals surface area contributed by atoms with Gasteiger partial charge in [-0.3, -0.25) is 10.1 Å². The number of nitrogens with zero attached hydrogens (tertiary/aromatic N) is 4. The fraction of sp³-hybridized carbons (Fsp3) is 0.194. The monoisotopic (exact) mass is 561 g/mol. The van der Waals surface area contributed by atoms with Crippen molar-refractivity contribution in [3.63, 3.8) is 0 Å². The van der Waals surface area contributed by atoms with Crippen LogP contribution in [0.25, 0.3) is 11.3 Å². The Kier molecular flexibility index (Phi) is 9.52. The van der Waals surface area contributed by atoms with Gasteiger partial charge in [0.05, 0.1) is 43.7 Å². The first-order chi connectivity index (χ1) is 20.6. The molecule has 1 N–H and O–H groups in total. The van der Waals surface area contributed by atoms with Crippen molar-refractivity contribution in [2.75, 3.05) is 25.1 Å². The molecule has 0 saturated carbocycles. The summed E-state index contributed by atoms with van der Waals surface area (Å²) in [5.74, 6) is 3.36. The molecule has 42 heavy (non-hydrogen) atoms. The van der Waals surface area contributed by atoms with Gasteiger partial charge < -0.3 is 19.5 Å². The lowest BCUT2D eigenvalue weighted by Crippen LogP contribution is -2.30. The summed E-state index contributed by atoms with van der Waals surface area (Å²) in [6.07, 6.45) is 5.98. The lowest BCUT2D eigenvalue weighted by molar-refractivity contribution is -0.384. The summed E-state index contributed by atoms with van der Waals surface area (Å²) in [6, 6.07) is 21.6. The van der Waals surface area contributed by atoms with Crippen LogP contribution in [0.1, 0.15) is 11.1 Å². The molecule has 1 aliphatic rings. The summed E-state index contributed by atoms with van der Waals surface area (Å²) in [5, 5.41) is 23.9. The zero-order chi connectivity index (χ0) is 29.1. The number of non-ortho nitro benzene ring substituents is 1. The smallest absolute Gasteiger partial charge is 0.303 e. The third-order valence-electron chi connectivity index (χ3n) is 6.64. The average molecular weight is 561 g/mol. The van der Waals surface area contributed by atoms with Gasteiger partial charge in [0.25, 0.3) is 5.69 Å². The SMILES string of the molecule is N#CB(CCOc1ccc2cc1COC/C=C/COCc1cccc(c1)-c1ccnc(n1)N2)c1ccc([N+](=O)[O-])cc1. The van der Waals surface area contributed by atoms with Crippen molar-refractivity contribution >= 4 is 29.5 Å². The van der Waals surface area contributed by atoms with E-state index >= 15 is 0 Å². The second kappa shape index (κ2) is 14.0. The maximum atomic E-state index is 10.9. The Morgan fingerprint density at radius 3 is 2.62 bits per heavy atom. The van der Waals surface area contributed by atoms with E-state index in [-0.39, 0.29) is 12.3 Å². The molecule has 4 aromatic rings. The zero-order valence-corrected chi connectivity index (χ0v) is 22.8. The fourth-order valence-electron chi connectivity index (χ4n) is 4.48. The molecule has 2 heterocycles. The maximum absolute atomic E-state index is 10.9. The number of fused-ring (bicyclic) bond motifs is 7. The van der Waals surface area contributed by atoms with E-state index in [1.54, 1.807) is 18.3 Å². The van der Waals surface area contributed by atoms with Crippen LogP contribution >= 0.6 is 0 Å². The van der Waals surface area contributed by atoms with E-state index < -0.39 is 11.6 Å². The number of benzene rings is 3. The van der Waals surface area contributed by atoms with Crippen LogP contribution in [0, 0.1) is 21.3 Å². The van der Waals surface area contributed by atoms with E-state index in [2.05, 4.69) is 22.3 Å². The molecule has 0 unspecified atom stereocenters. The summed E-state index contributed by atoms with van der Waals surface area (Å²) in [4.78, 5) is 19.6. The molecule has 0 radical (unpaired) electrons. The molecule has 6 bridgehead atoms. The van der Waals surface area contributed by atoms with Gasteiger partial charge in [-0.15, -0.1) is 0 Å². The van der Waals surface area contributed by atoms with Gasteiger partial charge >= 0.3 is 6.71 Å². The molecule has 10 nitrogen and oxygen atoms in total. The van der Waals surface area contributed by atoms with Crippen LogP contribution in [0.4, 0.5) is 17.3 Å². The van der Waals surface area contributed by atoms with E-state index in [0.29, 0.717) is 49.9 Å². The second-order valence-electron chi connectivity index (χ2n) is 9.58. The third-order valence-corrected chi connectivity index (χ3v) is 6.64. The van der Waals surface area contributed by atoms with E-state index in [9.17, 15) is 15.4 Å². The number of rotatable bonds is 6. The normalized spacial score (nSPS) is 13.9. The molecule has 1 aromatic heterocycles. The number of hydrogen-bond donors (Lipinski definition) is 1. The second-order valence-corrected chi connectivity index (χ2v) is 9.58. The predicted octanol–water partition coefficient (Wildman–Crippen LogP) is 5.24. The Hall–Kier alpha value is -5.05. The first-order valence-electron chi connectivity index (χ1n) is 13.5. The minimum Gasteiger partial charge on any atom is -0.494 e. The molecular formula is C31H28BN5O5. The van der Waals surface area contributed by atoms with Gasteiger partial charge in [0.1, 0.15) is 5.75 Å². The Labute approximate surface area is 243 Å². The molecule has 0 aliphatic carbocycles. The van der Waals surface area contributed by atoms with Crippen LogP contribution in [0.2, 0.25) is 6.32 Å². The van der Waals surface area contributed by atoms with Crippen molar-refractivity contribution in [1.82, 2.24) is 9.97 Å². The van der Waals surface area contributed by atoms with Gasteiger partial charge in [0, 0.05) is 41.1 Å². The molecule has 0 fully saturated rings. The van der Waals surface area contributed by atoms with Crippen molar-refractivity contribution in [1.29, 1.82) is 5.26 Å². The van der Waals surface area contributed by atoms with Gasteiger partial charge in [0.2, 0.25) is 5.95 Å². The lowest BCUT2D eigenvalue weighted by Gasteiger charge is -2.15. The fourth-order valence-corrected chi connectivity index (χ4v) is 4.48. The number of nitro groups is 1. The van der Waals surface area contributed by atoms with Gasteiger partial charge in [-0.25, -0.2) is 15.2 Å². The Bertz CT molecular complexity index is 1610. The highest BCUT2D eigenvalue weighted by Gasteiger charge is 2.19. The Morgan fingerprint density at radius 1 is 1.02 bits per heavy atom. The molecule has 0 saturated heterocycles. The van der Waals surface area contributed by atoms with Crippen molar-refractivity contribution in [2.45, 2.75) is 19.5 Å². The zero-order valence-electron chi connectivity index (χ0n) is 22.8. The molecule has 11 heteroatoms. The largest absolute Gasteiger partial charge is 0.494 e. The first kappa shape index (κ1) is 28.5. The van der Waals surface area contributed by atoms with E-state index in [1.165, 1.54) is 12.1 Å². The number of hydrogen-bond acceptors (Lipinski definition) is 9. The summed E-state index contributed by atoms with van der Waals surface area (Å²) in [6.45, 7) is 1.46. The van der Waals surface area contributed by atoms with Crippen LogP contribution in [0.3, 0.4) is 0 Å². The number of nitriles is 1. The molecule has 210 valence electrons. The van der Waals surface area contributed by atoms with Gasteiger partial charge in [-0.1, -0.05) is 47.9 Å². The lowest BCUT2D eigenvalue weighted by atomic mass is 9.44. The minimum atomic E-state index is -0.462. The van der Waals surface area contributed by atoms with E-state index in [1.807, 2.05) is 54.6 Å². The molecule has 1 aliphatic heterocycles. The molecule has 0 spiro atoms. The van der Waals surface area contributed by atoms with Gasteiger partial charge in [-0.05, 0) is 42.2 Å². The van der Waals surface area contributed by atoms with Crippen molar-refractivity contribution in [3.8, 4) is 23.0 Å². The van der Waals surface area contributed by atoms with Gasteiger partial charge in [-0.2, -0.15) is 0 Å². The summed E-state index contributed by atoms with van der Waals surface area (Å²) < 4.78 is 17.8. The highest BCUT2D eigenvalue weighted by Crippen LogP contribution is 2.27. The first-order valence-corrected chi connectivity index (χ1v) is 13.5. The maximum Gasteiger partial charge on any atom is 0.303 e. The van der Waals surface area contributed by atoms with Crippen LogP contribution < -0.4 is 15.5 Å². The van der Waals surface area contributed by atoms with E-state index in [0.717, 1.165) is 28.1 Å². The van der Waals surface area contributed by atoms with Crippen molar-refractivity contribution < 1.29 is 19.1 Å². The van der Waals surface area contributed by atoms with Crippen molar-refractivity contribution in [3.05, 3.63) is 112 Å². The predicted molar refractivity (Wildman–Crippen MR) is 160 cm³/mol. The van der Waals surface area contributed by atoms with Crippen LogP contribution in [-0.2, 0) is 22.7 Å². The number of anilines is 2.